The van der Waals surface area contributed by atoms with E-state index in [1.54, 1.807) is 16.0 Å². The summed E-state index contributed by atoms with van der Waals surface area (Å²) < 4.78 is 1.65. The van der Waals surface area contributed by atoms with Gasteiger partial charge in [0.15, 0.2) is 5.65 Å². The number of hydrogen-bond donors (Lipinski definition) is 0. The van der Waals surface area contributed by atoms with Gasteiger partial charge in [-0.3, -0.25) is 4.79 Å². The zero-order valence-corrected chi connectivity index (χ0v) is 19.5. The summed E-state index contributed by atoms with van der Waals surface area (Å²) >= 11 is 8.54. The fraction of sp³-hybridized carbons (Fsp3) is 0.304. The van der Waals surface area contributed by atoms with Crippen molar-refractivity contribution in [3.05, 3.63) is 52.4 Å². The van der Waals surface area contributed by atoms with E-state index in [0.29, 0.717) is 16.4 Å². The van der Waals surface area contributed by atoms with Crippen molar-refractivity contribution in [3.8, 4) is 21.8 Å². The normalized spacial score (nSPS) is 14.9. The van der Waals surface area contributed by atoms with Crippen LogP contribution in [0.15, 0.2) is 42.5 Å². The first-order chi connectivity index (χ1) is 15.5. The Balaban J connectivity index is 1.59. The average molecular weight is 467 g/mol. The molecule has 1 aromatic carbocycles. The molecule has 0 N–H and O–H groups in total. The molecular weight excluding hydrogens is 444 g/mol. The van der Waals surface area contributed by atoms with Crippen molar-refractivity contribution in [2.45, 2.75) is 13.5 Å². The van der Waals surface area contributed by atoms with Gasteiger partial charge in [-0.1, -0.05) is 41.9 Å². The van der Waals surface area contributed by atoms with Crippen LogP contribution in [0.1, 0.15) is 4.88 Å². The van der Waals surface area contributed by atoms with E-state index in [9.17, 15) is 4.79 Å². The number of fused-ring (bicyclic) bond motifs is 1. The third kappa shape index (κ3) is 3.90. The number of hydrogen-bond acceptors (Lipinski definition) is 6. The Hall–Kier alpha value is -2.81. The van der Waals surface area contributed by atoms with E-state index in [-0.39, 0.29) is 12.5 Å². The Kier molecular flexibility index (Phi) is 5.67. The quantitative estimate of drug-likeness (QED) is 0.455. The van der Waals surface area contributed by atoms with Crippen molar-refractivity contribution in [1.82, 2.24) is 29.8 Å². The Morgan fingerprint density at radius 3 is 2.47 bits per heavy atom. The van der Waals surface area contributed by atoms with Crippen LogP contribution in [-0.4, -0.2) is 68.9 Å². The van der Waals surface area contributed by atoms with Gasteiger partial charge in [0.25, 0.3) is 0 Å². The molecule has 1 amide bonds. The standard InChI is InChI=1S/C23H23ClN6OS/c1-15-8-9-17(32-15)22-19-20(24)21(16-6-4-3-5-7-16)25-26-23(19)30(27-22)14-18(31)29-12-10-28(2)11-13-29/h3-9H,10-14H2,1-2H3. The van der Waals surface area contributed by atoms with Crippen molar-refractivity contribution in [2.75, 3.05) is 33.2 Å². The molecule has 1 aliphatic rings. The molecule has 9 heteroatoms. The van der Waals surface area contributed by atoms with E-state index >= 15 is 0 Å². The highest BCUT2D eigenvalue weighted by atomic mass is 35.5. The number of carbonyl (C=O) groups is 1. The van der Waals surface area contributed by atoms with Gasteiger partial charge in [0.2, 0.25) is 5.91 Å². The zero-order chi connectivity index (χ0) is 22.2. The summed E-state index contributed by atoms with van der Waals surface area (Å²) in [6.45, 7) is 5.35. The minimum Gasteiger partial charge on any atom is -0.339 e. The third-order valence-corrected chi connectivity index (χ3v) is 7.14. The van der Waals surface area contributed by atoms with Gasteiger partial charge in [0.05, 0.1) is 15.3 Å². The first-order valence-corrected chi connectivity index (χ1v) is 11.7. The lowest BCUT2D eigenvalue weighted by atomic mass is 10.1. The van der Waals surface area contributed by atoms with E-state index < -0.39 is 0 Å². The van der Waals surface area contributed by atoms with Crippen molar-refractivity contribution in [1.29, 1.82) is 0 Å². The van der Waals surface area contributed by atoms with Crippen molar-refractivity contribution >= 4 is 39.9 Å². The molecule has 32 heavy (non-hydrogen) atoms. The maximum absolute atomic E-state index is 13.0. The predicted octanol–water partition coefficient (Wildman–Crippen LogP) is 3.96. The summed E-state index contributed by atoms with van der Waals surface area (Å²) in [6.07, 6.45) is 0. The number of benzene rings is 1. The van der Waals surface area contributed by atoms with Crippen LogP contribution in [0.5, 0.6) is 0 Å². The van der Waals surface area contributed by atoms with Gasteiger partial charge in [-0.2, -0.15) is 5.10 Å². The number of carbonyl (C=O) groups excluding carboxylic acids is 1. The molecule has 5 rings (SSSR count). The highest BCUT2D eigenvalue weighted by Gasteiger charge is 2.25. The number of piperazine rings is 1. The number of aryl methyl sites for hydroxylation is 1. The van der Waals surface area contributed by atoms with E-state index in [1.807, 2.05) is 41.3 Å². The predicted molar refractivity (Wildman–Crippen MR) is 128 cm³/mol. The monoisotopic (exact) mass is 466 g/mol. The Morgan fingerprint density at radius 2 is 1.78 bits per heavy atom. The molecule has 164 valence electrons. The van der Waals surface area contributed by atoms with E-state index in [2.05, 4.69) is 35.1 Å². The van der Waals surface area contributed by atoms with Gasteiger partial charge in [0.1, 0.15) is 17.9 Å². The van der Waals surface area contributed by atoms with Crippen molar-refractivity contribution in [3.63, 3.8) is 0 Å². The largest absolute Gasteiger partial charge is 0.339 e. The number of nitrogens with zero attached hydrogens (tertiary/aromatic N) is 6. The van der Waals surface area contributed by atoms with Gasteiger partial charge in [-0.25, -0.2) is 4.68 Å². The molecule has 0 atom stereocenters. The van der Waals surface area contributed by atoms with Gasteiger partial charge >= 0.3 is 0 Å². The molecule has 0 saturated carbocycles. The van der Waals surface area contributed by atoms with Crippen LogP contribution in [0.3, 0.4) is 0 Å². The van der Waals surface area contributed by atoms with Crippen LogP contribution in [0.2, 0.25) is 5.02 Å². The number of thiophene rings is 1. The molecule has 0 spiro atoms. The van der Waals surface area contributed by atoms with E-state index in [4.69, 9.17) is 16.7 Å². The lowest BCUT2D eigenvalue weighted by Crippen LogP contribution is -2.48. The summed E-state index contributed by atoms with van der Waals surface area (Å²) in [5.41, 5.74) is 2.76. The molecule has 0 radical (unpaired) electrons. The molecule has 1 saturated heterocycles. The van der Waals surface area contributed by atoms with Gasteiger partial charge in [-0.05, 0) is 26.1 Å². The first kappa shape index (κ1) is 21.1. The van der Waals surface area contributed by atoms with Gasteiger partial charge in [0, 0.05) is 36.6 Å². The number of rotatable bonds is 4. The summed E-state index contributed by atoms with van der Waals surface area (Å²) in [5, 5.41) is 14.9. The van der Waals surface area contributed by atoms with Gasteiger partial charge in [-0.15, -0.1) is 21.5 Å². The zero-order valence-electron chi connectivity index (χ0n) is 18.0. The molecule has 3 aromatic heterocycles. The average Bonchev–Trinajstić information content (AvgIpc) is 3.39. The lowest BCUT2D eigenvalue weighted by molar-refractivity contribution is -0.133. The lowest BCUT2D eigenvalue weighted by Gasteiger charge is -2.32. The Labute approximate surface area is 195 Å². The van der Waals surface area contributed by atoms with Crippen molar-refractivity contribution < 1.29 is 4.79 Å². The van der Waals surface area contributed by atoms with Gasteiger partial charge < -0.3 is 9.80 Å². The Bertz CT molecular complexity index is 1280. The van der Waals surface area contributed by atoms with Crippen LogP contribution >= 0.6 is 22.9 Å². The second kappa shape index (κ2) is 8.61. The molecular formula is C23H23ClN6OS. The van der Waals surface area contributed by atoms with Crippen LogP contribution in [0, 0.1) is 6.92 Å². The number of amides is 1. The van der Waals surface area contributed by atoms with Crippen LogP contribution in [0.25, 0.3) is 32.9 Å². The molecule has 0 unspecified atom stereocenters. The van der Waals surface area contributed by atoms with Crippen LogP contribution < -0.4 is 0 Å². The second-order valence-corrected chi connectivity index (χ2v) is 9.69. The maximum Gasteiger partial charge on any atom is 0.244 e. The minimum absolute atomic E-state index is 0.0291. The topological polar surface area (TPSA) is 67.2 Å². The summed E-state index contributed by atoms with van der Waals surface area (Å²) in [4.78, 5) is 19.3. The molecule has 0 aliphatic carbocycles. The summed E-state index contributed by atoms with van der Waals surface area (Å²) in [6, 6.07) is 13.8. The summed E-state index contributed by atoms with van der Waals surface area (Å²) in [5.74, 6) is 0.0291. The number of halogens is 1. The molecule has 4 aromatic rings. The molecule has 0 bridgehead atoms. The summed E-state index contributed by atoms with van der Waals surface area (Å²) in [7, 11) is 2.07. The molecule has 4 heterocycles. The fourth-order valence-electron chi connectivity index (χ4n) is 3.93. The molecule has 1 aliphatic heterocycles. The smallest absolute Gasteiger partial charge is 0.244 e. The minimum atomic E-state index is 0.0291. The van der Waals surface area contributed by atoms with E-state index in [0.717, 1.165) is 47.7 Å². The maximum atomic E-state index is 13.0. The third-order valence-electron chi connectivity index (χ3n) is 5.76. The van der Waals surface area contributed by atoms with Crippen LogP contribution in [0.4, 0.5) is 0 Å². The fourth-order valence-corrected chi connectivity index (χ4v) is 5.10. The number of likely N-dealkylation sites (N-methyl/N-ethyl adjacent to an activating group) is 1. The van der Waals surface area contributed by atoms with Crippen molar-refractivity contribution in [2.24, 2.45) is 0 Å². The number of aromatic nitrogens is 4. The second-order valence-electron chi connectivity index (χ2n) is 8.03. The van der Waals surface area contributed by atoms with E-state index in [1.165, 1.54) is 4.88 Å². The molecule has 7 nitrogen and oxygen atoms in total. The highest BCUT2D eigenvalue weighted by molar-refractivity contribution is 7.15. The first-order valence-electron chi connectivity index (χ1n) is 10.5. The van der Waals surface area contributed by atoms with Crippen LogP contribution in [-0.2, 0) is 11.3 Å². The highest BCUT2D eigenvalue weighted by Crippen LogP contribution is 2.39. The molecule has 1 fully saturated rings. The Morgan fingerprint density at radius 1 is 1.03 bits per heavy atom. The SMILES string of the molecule is Cc1ccc(-c2nn(CC(=O)N3CCN(C)CC3)c3nnc(-c4ccccc4)c(Cl)c23)s1.